The first-order valence-electron chi connectivity index (χ1n) is 6.37. The van der Waals surface area contributed by atoms with Crippen molar-refractivity contribution in [3.63, 3.8) is 0 Å². The summed E-state index contributed by atoms with van der Waals surface area (Å²) < 4.78 is 1.05. The van der Waals surface area contributed by atoms with Crippen LogP contribution >= 0.6 is 27.7 Å². The van der Waals surface area contributed by atoms with Gasteiger partial charge in [0.25, 0.3) is 0 Å². The highest BCUT2D eigenvalue weighted by atomic mass is 79.9. The molecule has 19 heavy (non-hydrogen) atoms. The average molecular weight is 343 g/mol. The molecule has 5 heteroatoms. The number of halogens is 1. The fourth-order valence-corrected chi connectivity index (χ4v) is 3.56. The Bertz CT molecular complexity index is 465. The Balaban J connectivity index is 1.87. The molecule has 1 aromatic rings. The van der Waals surface area contributed by atoms with E-state index in [1.807, 2.05) is 29.2 Å². The molecule has 104 valence electrons. The van der Waals surface area contributed by atoms with E-state index in [0.29, 0.717) is 5.75 Å². The Morgan fingerprint density at radius 1 is 1.53 bits per heavy atom. The Hall–Kier alpha value is -0.520. The summed E-state index contributed by atoms with van der Waals surface area (Å²) >= 11 is 5.04. The molecule has 1 aromatic carbocycles. The zero-order chi connectivity index (χ0) is 13.9. The number of hydrogen-bond donors (Lipinski definition) is 1. The van der Waals surface area contributed by atoms with Crippen LogP contribution in [0.5, 0.6) is 0 Å². The van der Waals surface area contributed by atoms with Gasteiger partial charge in [0.2, 0.25) is 5.91 Å². The first kappa shape index (κ1) is 14.9. The molecule has 2 rings (SSSR count). The molecule has 0 radical (unpaired) electrons. The van der Waals surface area contributed by atoms with Gasteiger partial charge in [0.1, 0.15) is 0 Å². The molecule has 0 saturated carbocycles. The zero-order valence-corrected chi connectivity index (χ0v) is 13.7. The van der Waals surface area contributed by atoms with Crippen LogP contribution in [-0.4, -0.2) is 41.7 Å². The fourth-order valence-electron chi connectivity index (χ4n) is 2.15. The summed E-state index contributed by atoms with van der Waals surface area (Å²) in [6.45, 7) is 6.73. The topological polar surface area (TPSA) is 32.3 Å². The number of piperazine rings is 1. The average Bonchev–Trinajstić information content (AvgIpc) is 2.35. The lowest BCUT2D eigenvalue weighted by molar-refractivity contribution is -0.130. The van der Waals surface area contributed by atoms with Crippen molar-refractivity contribution in [2.75, 3.05) is 25.4 Å². The summed E-state index contributed by atoms with van der Waals surface area (Å²) in [5, 5.41) is 3.42. The van der Waals surface area contributed by atoms with Crippen molar-refractivity contribution in [1.82, 2.24) is 10.2 Å². The van der Waals surface area contributed by atoms with Crippen molar-refractivity contribution >= 4 is 33.6 Å². The van der Waals surface area contributed by atoms with Gasteiger partial charge in [0.15, 0.2) is 0 Å². The van der Waals surface area contributed by atoms with Crippen LogP contribution in [-0.2, 0) is 4.79 Å². The maximum absolute atomic E-state index is 12.2. The van der Waals surface area contributed by atoms with Gasteiger partial charge in [-0.25, -0.2) is 0 Å². The third kappa shape index (κ3) is 4.51. The number of rotatable bonds is 3. The lowest BCUT2D eigenvalue weighted by atomic mass is 10.0. The van der Waals surface area contributed by atoms with Gasteiger partial charge < -0.3 is 10.2 Å². The molecule has 1 fully saturated rings. The van der Waals surface area contributed by atoms with Crippen molar-refractivity contribution in [1.29, 1.82) is 0 Å². The summed E-state index contributed by atoms with van der Waals surface area (Å²) in [4.78, 5) is 15.3. The van der Waals surface area contributed by atoms with E-state index in [1.165, 1.54) is 0 Å². The molecule has 1 aliphatic rings. The number of nitrogens with zero attached hydrogens (tertiary/aromatic N) is 1. The van der Waals surface area contributed by atoms with E-state index in [4.69, 9.17) is 0 Å². The third-order valence-electron chi connectivity index (χ3n) is 3.08. The smallest absolute Gasteiger partial charge is 0.233 e. The normalized spacial score (nSPS) is 18.4. The van der Waals surface area contributed by atoms with Gasteiger partial charge in [-0.2, -0.15) is 0 Å². The van der Waals surface area contributed by atoms with Crippen molar-refractivity contribution in [3.8, 4) is 0 Å². The highest BCUT2D eigenvalue weighted by Gasteiger charge is 2.28. The lowest BCUT2D eigenvalue weighted by Crippen LogP contribution is -2.58. The molecule has 1 heterocycles. The first-order valence-corrected chi connectivity index (χ1v) is 8.15. The molecule has 0 bridgehead atoms. The summed E-state index contributed by atoms with van der Waals surface area (Å²) in [5.74, 6) is 0.728. The molecule has 0 atom stereocenters. The minimum Gasteiger partial charge on any atom is -0.339 e. The Morgan fingerprint density at radius 2 is 2.32 bits per heavy atom. The molecular formula is C14H19BrN2OS. The van der Waals surface area contributed by atoms with Crippen LogP contribution in [0, 0.1) is 0 Å². The van der Waals surface area contributed by atoms with E-state index in [1.54, 1.807) is 11.8 Å². The molecule has 0 spiro atoms. The van der Waals surface area contributed by atoms with Crippen molar-refractivity contribution in [3.05, 3.63) is 28.7 Å². The second-order valence-electron chi connectivity index (χ2n) is 5.37. The summed E-state index contributed by atoms with van der Waals surface area (Å²) in [7, 11) is 0. The van der Waals surface area contributed by atoms with Gasteiger partial charge in [0, 0.05) is 34.5 Å². The summed E-state index contributed by atoms with van der Waals surface area (Å²) in [6, 6.07) is 8.06. The van der Waals surface area contributed by atoms with Crippen LogP contribution in [0.25, 0.3) is 0 Å². The molecule has 0 unspecified atom stereocenters. The van der Waals surface area contributed by atoms with Gasteiger partial charge >= 0.3 is 0 Å². The van der Waals surface area contributed by atoms with E-state index >= 15 is 0 Å². The second-order valence-corrected chi connectivity index (χ2v) is 7.34. The lowest BCUT2D eigenvalue weighted by Gasteiger charge is -2.39. The summed E-state index contributed by atoms with van der Waals surface area (Å²) in [5.41, 5.74) is 0.0222. The molecular weight excluding hydrogens is 324 g/mol. The molecule has 1 N–H and O–H groups in total. The number of carbonyl (C=O) groups excluding carboxylic acids is 1. The molecule has 1 amide bonds. The number of thioether (sulfide) groups is 1. The van der Waals surface area contributed by atoms with Crippen LogP contribution in [0.4, 0.5) is 0 Å². The van der Waals surface area contributed by atoms with E-state index in [9.17, 15) is 4.79 Å². The Kier molecular flexibility index (Phi) is 4.92. The molecule has 0 aromatic heterocycles. The molecule has 1 saturated heterocycles. The SMILES string of the molecule is CC1(C)CN(C(=O)CSc2cccc(Br)c2)CCN1. The quantitative estimate of drug-likeness (QED) is 0.857. The van der Waals surface area contributed by atoms with Crippen molar-refractivity contribution in [2.45, 2.75) is 24.3 Å². The van der Waals surface area contributed by atoms with Gasteiger partial charge in [-0.3, -0.25) is 4.79 Å². The van der Waals surface area contributed by atoms with Crippen molar-refractivity contribution in [2.24, 2.45) is 0 Å². The number of carbonyl (C=O) groups is 1. The van der Waals surface area contributed by atoms with Gasteiger partial charge in [-0.15, -0.1) is 11.8 Å². The van der Waals surface area contributed by atoms with Crippen LogP contribution in [0.15, 0.2) is 33.6 Å². The minimum absolute atomic E-state index is 0.0222. The standard InChI is InChI=1S/C14H19BrN2OS/c1-14(2)10-17(7-6-16-14)13(18)9-19-12-5-3-4-11(15)8-12/h3-5,8,16H,6-7,9-10H2,1-2H3. The van der Waals surface area contributed by atoms with E-state index in [2.05, 4.69) is 35.1 Å². The van der Waals surface area contributed by atoms with Crippen LogP contribution < -0.4 is 5.32 Å². The molecule has 0 aliphatic carbocycles. The number of hydrogen-bond acceptors (Lipinski definition) is 3. The number of benzene rings is 1. The fraction of sp³-hybridized carbons (Fsp3) is 0.500. The maximum atomic E-state index is 12.2. The largest absolute Gasteiger partial charge is 0.339 e. The molecule has 3 nitrogen and oxygen atoms in total. The first-order chi connectivity index (χ1) is 8.96. The predicted octanol–water partition coefficient (Wildman–Crippen LogP) is 2.75. The highest BCUT2D eigenvalue weighted by Crippen LogP contribution is 2.22. The monoisotopic (exact) mass is 342 g/mol. The van der Waals surface area contributed by atoms with Crippen molar-refractivity contribution < 1.29 is 4.79 Å². The Morgan fingerprint density at radius 3 is 3.00 bits per heavy atom. The van der Waals surface area contributed by atoms with E-state index in [-0.39, 0.29) is 11.4 Å². The highest BCUT2D eigenvalue weighted by molar-refractivity contribution is 9.10. The van der Waals surface area contributed by atoms with Crippen LogP contribution in [0.3, 0.4) is 0 Å². The van der Waals surface area contributed by atoms with Crippen LogP contribution in [0.1, 0.15) is 13.8 Å². The molecule has 1 aliphatic heterocycles. The van der Waals surface area contributed by atoms with Crippen LogP contribution in [0.2, 0.25) is 0 Å². The third-order valence-corrected chi connectivity index (χ3v) is 4.55. The van der Waals surface area contributed by atoms with E-state index < -0.39 is 0 Å². The number of amides is 1. The van der Waals surface area contributed by atoms with Gasteiger partial charge in [-0.05, 0) is 32.0 Å². The van der Waals surface area contributed by atoms with Gasteiger partial charge in [-0.1, -0.05) is 22.0 Å². The zero-order valence-electron chi connectivity index (χ0n) is 11.3. The van der Waals surface area contributed by atoms with E-state index in [0.717, 1.165) is 29.0 Å². The van der Waals surface area contributed by atoms with Gasteiger partial charge in [0.05, 0.1) is 5.75 Å². The maximum Gasteiger partial charge on any atom is 0.233 e. The summed E-state index contributed by atoms with van der Waals surface area (Å²) in [6.07, 6.45) is 0. The number of nitrogens with one attached hydrogen (secondary N) is 1. The minimum atomic E-state index is 0.0222. The Labute approximate surface area is 127 Å². The second kappa shape index (κ2) is 6.29. The predicted molar refractivity (Wildman–Crippen MR) is 83.5 cm³/mol.